The maximum atomic E-state index is 12.8. The van der Waals surface area contributed by atoms with E-state index in [1.807, 2.05) is 56.3 Å². The van der Waals surface area contributed by atoms with Gasteiger partial charge in [0.25, 0.3) is 0 Å². The maximum Gasteiger partial charge on any atom is 0.408 e. The van der Waals surface area contributed by atoms with E-state index >= 15 is 0 Å². The van der Waals surface area contributed by atoms with Crippen molar-refractivity contribution in [3.8, 4) is 6.07 Å². The number of likely N-dealkylation sites (N-methyl/N-ethyl adjacent to an activating group) is 1. The van der Waals surface area contributed by atoms with Crippen LogP contribution in [0.3, 0.4) is 0 Å². The minimum Gasteiger partial charge on any atom is -0.445 e. The van der Waals surface area contributed by atoms with Gasteiger partial charge < -0.3 is 15.0 Å². The topological polar surface area (TPSA) is 82.4 Å². The number of rotatable bonds is 7. The van der Waals surface area contributed by atoms with Gasteiger partial charge in [-0.1, -0.05) is 56.3 Å². The standard InChI is InChI=1S/C22H25N3O3/c1-16(2)20(24-22(27)28-15-19-7-5-4-6-8-19)21(26)25(3)14-18-11-9-17(13-23)10-12-18/h4-12,16,20H,14-15H2,1-3H3,(H,24,27)/t20-/m0/s1. The van der Waals surface area contributed by atoms with Crippen LogP contribution in [-0.2, 0) is 22.7 Å². The van der Waals surface area contributed by atoms with Crippen LogP contribution in [0.5, 0.6) is 0 Å². The summed E-state index contributed by atoms with van der Waals surface area (Å²) in [5, 5.41) is 11.5. The van der Waals surface area contributed by atoms with E-state index in [1.165, 1.54) is 0 Å². The van der Waals surface area contributed by atoms with Gasteiger partial charge in [-0.2, -0.15) is 5.26 Å². The van der Waals surface area contributed by atoms with E-state index < -0.39 is 12.1 Å². The number of nitrogens with zero attached hydrogens (tertiary/aromatic N) is 2. The van der Waals surface area contributed by atoms with Crippen molar-refractivity contribution in [1.29, 1.82) is 5.26 Å². The normalized spacial score (nSPS) is 11.4. The molecule has 6 heteroatoms. The van der Waals surface area contributed by atoms with Gasteiger partial charge in [0, 0.05) is 13.6 Å². The quantitative estimate of drug-likeness (QED) is 0.799. The average molecular weight is 379 g/mol. The Kier molecular flexibility index (Phi) is 7.58. The molecule has 28 heavy (non-hydrogen) atoms. The van der Waals surface area contributed by atoms with E-state index in [0.29, 0.717) is 12.1 Å². The molecule has 2 amide bonds. The first-order valence-corrected chi connectivity index (χ1v) is 9.12. The number of nitrogens with one attached hydrogen (secondary N) is 1. The van der Waals surface area contributed by atoms with Crippen LogP contribution in [0.1, 0.15) is 30.5 Å². The van der Waals surface area contributed by atoms with Crippen molar-refractivity contribution < 1.29 is 14.3 Å². The van der Waals surface area contributed by atoms with E-state index in [1.54, 1.807) is 24.1 Å². The first-order valence-electron chi connectivity index (χ1n) is 9.12. The van der Waals surface area contributed by atoms with Crippen molar-refractivity contribution in [3.05, 3.63) is 71.3 Å². The molecule has 0 saturated heterocycles. The molecule has 2 rings (SSSR count). The van der Waals surface area contributed by atoms with Gasteiger partial charge in [-0.3, -0.25) is 4.79 Å². The third-order valence-electron chi connectivity index (χ3n) is 4.30. The number of alkyl carbamates (subject to hydrolysis) is 1. The van der Waals surface area contributed by atoms with Crippen LogP contribution in [0, 0.1) is 17.2 Å². The number of ether oxygens (including phenoxy) is 1. The SMILES string of the molecule is CC(C)[C@H](NC(=O)OCc1ccccc1)C(=O)N(C)Cc1ccc(C#N)cc1. The van der Waals surface area contributed by atoms with Crippen molar-refractivity contribution in [2.45, 2.75) is 33.0 Å². The molecule has 2 aromatic carbocycles. The second kappa shape index (κ2) is 10.1. The van der Waals surface area contributed by atoms with Gasteiger partial charge in [0.2, 0.25) is 5.91 Å². The summed E-state index contributed by atoms with van der Waals surface area (Å²) in [6.07, 6.45) is -0.623. The summed E-state index contributed by atoms with van der Waals surface area (Å²) in [5.74, 6) is -0.295. The Morgan fingerprint density at radius 1 is 1.07 bits per heavy atom. The lowest BCUT2D eigenvalue weighted by atomic mass is 10.0. The first kappa shape index (κ1) is 21.0. The number of nitriles is 1. The molecule has 2 aromatic rings. The predicted molar refractivity (Wildman–Crippen MR) is 106 cm³/mol. The third kappa shape index (κ3) is 6.13. The smallest absolute Gasteiger partial charge is 0.408 e. The molecule has 1 atom stereocenters. The summed E-state index contributed by atoms with van der Waals surface area (Å²) in [7, 11) is 1.69. The Balaban J connectivity index is 1.94. The molecule has 1 N–H and O–H groups in total. The molecule has 146 valence electrons. The second-order valence-corrected chi connectivity index (χ2v) is 6.93. The van der Waals surface area contributed by atoms with Crippen molar-refractivity contribution in [1.82, 2.24) is 10.2 Å². The molecule has 0 heterocycles. The van der Waals surface area contributed by atoms with Gasteiger partial charge in [0.05, 0.1) is 11.6 Å². The highest BCUT2D eigenvalue weighted by molar-refractivity contribution is 5.85. The molecule has 0 saturated carbocycles. The predicted octanol–water partition coefficient (Wildman–Crippen LogP) is 3.47. The van der Waals surface area contributed by atoms with Crippen molar-refractivity contribution in [3.63, 3.8) is 0 Å². The van der Waals surface area contributed by atoms with Crippen molar-refractivity contribution in [2.24, 2.45) is 5.92 Å². The molecule has 0 bridgehead atoms. The molecule has 0 unspecified atom stereocenters. The Morgan fingerprint density at radius 3 is 2.29 bits per heavy atom. The molecule has 0 aromatic heterocycles. The van der Waals surface area contributed by atoms with Crippen LogP contribution in [0.4, 0.5) is 4.79 Å². The van der Waals surface area contributed by atoms with Crippen molar-refractivity contribution in [2.75, 3.05) is 7.05 Å². The van der Waals surface area contributed by atoms with E-state index in [4.69, 9.17) is 10.00 Å². The van der Waals surface area contributed by atoms with Gasteiger partial charge in [-0.05, 0) is 29.2 Å². The second-order valence-electron chi connectivity index (χ2n) is 6.93. The van der Waals surface area contributed by atoms with E-state index in [-0.39, 0.29) is 18.4 Å². The van der Waals surface area contributed by atoms with Crippen LogP contribution in [0.15, 0.2) is 54.6 Å². The highest BCUT2D eigenvalue weighted by atomic mass is 16.5. The van der Waals surface area contributed by atoms with Crippen molar-refractivity contribution >= 4 is 12.0 Å². The summed E-state index contributed by atoms with van der Waals surface area (Å²) in [6, 6.07) is 17.8. The van der Waals surface area contributed by atoms with Crippen LogP contribution >= 0.6 is 0 Å². The zero-order valence-corrected chi connectivity index (χ0v) is 16.4. The summed E-state index contributed by atoms with van der Waals surface area (Å²) in [6.45, 7) is 4.27. The number of carbonyl (C=O) groups is 2. The number of hydrogen-bond donors (Lipinski definition) is 1. The average Bonchev–Trinajstić information content (AvgIpc) is 2.71. The fourth-order valence-corrected chi connectivity index (χ4v) is 2.68. The molecule has 6 nitrogen and oxygen atoms in total. The van der Waals surface area contributed by atoms with Crippen LogP contribution in [-0.4, -0.2) is 30.0 Å². The summed E-state index contributed by atoms with van der Waals surface area (Å²) in [5.41, 5.74) is 2.35. The zero-order valence-electron chi connectivity index (χ0n) is 16.4. The van der Waals surface area contributed by atoms with Gasteiger partial charge in [-0.15, -0.1) is 0 Å². The molecule has 0 aliphatic carbocycles. The number of hydrogen-bond acceptors (Lipinski definition) is 4. The van der Waals surface area contributed by atoms with Crippen LogP contribution in [0.25, 0.3) is 0 Å². The van der Waals surface area contributed by atoms with Gasteiger partial charge >= 0.3 is 6.09 Å². The van der Waals surface area contributed by atoms with Gasteiger partial charge in [0.15, 0.2) is 0 Å². The zero-order chi connectivity index (χ0) is 20.5. The fourth-order valence-electron chi connectivity index (χ4n) is 2.68. The molecule has 0 aliphatic rings. The molecular weight excluding hydrogens is 354 g/mol. The maximum absolute atomic E-state index is 12.8. The highest BCUT2D eigenvalue weighted by Crippen LogP contribution is 2.11. The van der Waals surface area contributed by atoms with Crippen LogP contribution in [0.2, 0.25) is 0 Å². The molecular formula is C22H25N3O3. The Morgan fingerprint density at radius 2 is 1.71 bits per heavy atom. The Labute approximate surface area is 165 Å². The minimum absolute atomic E-state index is 0.0970. The third-order valence-corrected chi connectivity index (χ3v) is 4.30. The Hall–Kier alpha value is -3.33. The lowest BCUT2D eigenvalue weighted by Gasteiger charge is -2.27. The number of benzene rings is 2. The largest absolute Gasteiger partial charge is 0.445 e. The lowest BCUT2D eigenvalue weighted by molar-refractivity contribution is -0.133. The molecule has 0 aliphatic heterocycles. The first-order chi connectivity index (χ1) is 13.4. The minimum atomic E-state index is -0.688. The highest BCUT2D eigenvalue weighted by Gasteiger charge is 2.27. The summed E-state index contributed by atoms with van der Waals surface area (Å²) >= 11 is 0. The Bertz CT molecular complexity index is 826. The monoisotopic (exact) mass is 379 g/mol. The van der Waals surface area contributed by atoms with E-state index in [0.717, 1.165) is 11.1 Å². The lowest BCUT2D eigenvalue weighted by Crippen LogP contribution is -2.50. The molecule has 0 spiro atoms. The molecule has 0 fully saturated rings. The molecule has 0 radical (unpaired) electrons. The fraction of sp³-hybridized carbons (Fsp3) is 0.318. The van der Waals surface area contributed by atoms with Gasteiger partial charge in [0.1, 0.15) is 12.6 Å². The number of amides is 2. The number of carbonyl (C=O) groups excluding carboxylic acids is 2. The van der Waals surface area contributed by atoms with Crippen LogP contribution < -0.4 is 5.32 Å². The van der Waals surface area contributed by atoms with E-state index in [2.05, 4.69) is 11.4 Å². The summed E-state index contributed by atoms with van der Waals surface area (Å²) in [4.78, 5) is 26.5. The van der Waals surface area contributed by atoms with Gasteiger partial charge in [-0.25, -0.2) is 4.79 Å². The van der Waals surface area contributed by atoms with E-state index in [9.17, 15) is 9.59 Å². The summed E-state index contributed by atoms with van der Waals surface area (Å²) < 4.78 is 5.23.